The number of likely N-dealkylation sites (tertiary alicyclic amines) is 1. The van der Waals surface area contributed by atoms with Crippen molar-refractivity contribution in [2.75, 3.05) is 20.2 Å². The number of ether oxygens (including phenoxy) is 1. The molecule has 156 valence electrons. The fourth-order valence-electron chi connectivity index (χ4n) is 4.80. The Bertz CT molecular complexity index is 678. The molecule has 2 fully saturated rings. The van der Waals surface area contributed by atoms with Crippen LogP contribution < -0.4 is 5.32 Å². The van der Waals surface area contributed by atoms with Gasteiger partial charge in [-0.2, -0.15) is 0 Å². The van der Waals surface area contributed by atoms with Crippen LogP contribution in [0, 0.1) is 11.8 Å². The number of hydrogen-bond acceptors (Lipinski definition) is 4. The Morgan fingerprint density at radius 3 is 2.57 bits per heavy atom. The van der Waals surface area contributed by atoms with Gasteiger partial charge in [-0.1, -0.05) is 26.7 Å². The van der Waals surface area contributed by atoms with Gasteiger partial charge in [0.2, 0.25) is 5.91 Å². The molecule has 6 heteroatoms. The zero-order valence-electron chi connectivity index (χ0n) is 17.7. The van der Waals surface area contributed by atoms with Crippen LogP contribution in [-0.2, 0) is 9.53 Å². The van der Waals surface area contributed by atoms with Gasteiger partial charge in [0, 0.05) is 31.4 Å². The third-order valence-corrected chi connectivity index (χ3v) is 7.03. The monoisotopic (exact) mass is 389 g/mol. The number of nitrogens with one attached hydrogen (secondary N) is 1. The summed E-state index contributed by atoms with van der Waals surface area (Å²) in [5.74, 6) is 1.08. The molecule has 1 saturated carbocycles. The van der Waals surface area contributed by atoms with Crippen LogP contribution in [-0.4, -0.2) is 53.6 Å². The molecule has 1 aliphatic carbocycles. The minimum atomic E-state index is -0.295. The van der Waals surface area contributed by atoms with Crippen LogP contribution in [0.4, 0.5) is 0 Å². The SMILES string of the molecule is COC(=O)c1cccn1C1CCN([C@H](C)C(=O)N[C@@H]2CCC[C@H](C)[C@@H]2C)CC1. The van der Waals surface area contributed by atoms with Crippen LogP contribution in [0.3, 0.4) is 0 Å². The third kappa shape index (κ3) is 4.43. The Hall–Kier alpha value is -1.82. The predicted molar refractivity (Wildman–Crippen MR) is 109 cm³/mol. The van der Waals surface area contributed by atoms with Crippen LogP contribution in [0.2, 0.25) is 0 Å². The second-order valence-electron chi connectivity index (χ2n) is 8.62. The maximum atomic E-state index is 12.8. The van der Waals surface area contributed by atoms with Crippen LogP contribution in [0.25, 0.3) is 0 Å². The molecule has 1 amide bonds. The summed E-state index contributed by atoms with van der Waals surface area (Å²) >= 11 is 0. The van der Waals surface area contributed by atoms with E-state index in [4.69, 9.17) is 4.74 Å². The predicted octanol–water partition coefficient (Wildman–Crippen LogP) is 3.24. The number of nitrogens with zero attached hydrogens (tertiary/aromatic N) is 2. The molecule has 28 heavy (non-hydrogen) atoms. The van der Waals surface area contributed by atoms with Gasteiger partial charge >= 0.3 is 5.97 Å². The zero-order valence-corrected chi connectivity index (χ0v) is 17.7. The normalized spacial score (nSPS) is 27.9. The van der Waals surface area contributed by atoms with Gasteiger partial charge in [-0.25, -0.2) is 4.79 Å². The van der Waals surface area contributed by atoms with Crippen molar-refractivity contribution in [3.8, 4) is 0 Å². The molecule has 1 N–H and O–H groups in total. The smallest absolute Gasteiger partial charge is 0.354 e. The first kappa shape index (κ1) is 20.9. The number of carbonyl (C=O) groups is 2. The molecular weight excluding hydrogens is 354 g/mol. The summed E-state index contributed by atoms with van der Waals surface area (Å²) in [4.78, 5) is 27.0. The lowest BCUT2D eigenvalue weighted by Crippen LogP contribution is -2.53. The van der Waals surface area contributed by atoms with Gasteiger partial charge < -0.3 is 14.6 Å². The lowest BCUT2D eigenvalue weighted by atomic mass is 9.78. The lowest BCUT2D eigenvalue weighted by Gasteiger charge is -2.39. The Kier molecular flexibility index (Phi) is 6.81. The minimum absolute atomic E-state index is 0.116. The largest absolute Gasteiger partial charge is 0.464 e. The number of hydrogen-bond donors (Lipinski definition) is 1. The van der Waals surface area contributed by atoms with Crippen molar-refractivity contribution in [1.82, 2.24) is 14.8 Å². The van der Waals surface area contributed by atoms with Gasteiger partial charge in [0.25, 0.3) is 0 Å². The van der Waals surface area contributed by atoms with E-state index >= 15 is 0 Å². The Morgan fingerprint density at radius 1 is 1.18 bits per heavy atom. The van der Waals surface area contributed by atoms with Crippen molar-refractivity contribution in [3.05, 3.63) is 24.0 Å². The van der Waals surface area contributed by atoms with Gasteiger partial charge in [-0.15, -0.1) is 0 Å². The molecule has 0 unspecified atom stereocenters. The number of methoxy groups -OCH3 is 1. The van der Waals surface area contributed by atoms with E-state index in [0.29, 0.717) is 23.6 Å². The highest BCUT2D eigenvalue weighted by Gasteiger charge is 2.32. The summed E-state index contributed by atoms with van der Waals surface area (Å²) in [6.45, 7) is 8.29. The maximum absolute atomic E-state index is 12.8. The average Bonchev–Trinajstić information content (AvgIpc) is 3.20. The van der Waals surface area contributed by atoms with Gasteiger partial charge in [0.15, 0.2) is 0 Å². The third-order valence-electron chi connectivity index (χ3n) is 7.03. The average molecular weight is 390 g/mol. The van der Waals surface area contributed by atoms with E-state index in [1.54, 1.807) is 6.07 Å². The molecule has 4 atom stereocenters. The fraction of sp³-hybridized carbons (Fsp3) is 0.727. The summed E-state index contributed by atoms with van der Waals surface area (Å²) in [7, 11) is 1.41. The molecule has 1 aromatic rings. The first-order valence-electron chi connectivity index (χ1n) is 10.7. The fourth-order valence-corrected chi connectivity index (χ4v) is 4.80. The molecule has 0 spiro atoms. The summed E-state index contributed by atoms with van der Waals surface area (Å²) in [5, 5.41) is 3.32. The Balaban J connectivity index is 1.54. The highest BCUT2D eigenvalue weighted by atomic mass is 16.5. The summed E-state index contributed by atoms with van der Waals surface area (Å²) in [5.41, 5.74) is 0.604. The molecule has 2 aliphatic rings. The second-order valence-corrected chi connectivity index (χ2v) is 8.62. The Labute approximate surface area is 168 Å². The molecule has 2 heterocycles. The standard InChI is InChI=1S/C22H35N3O3/c1-15-7-5-8-19(16(15)2)23-21(26)17(3)24-13-10-18(11-14-24)25-12-6-9-20(25)22(27)28-4/h6,9,12,15-19H,5,7-8,10-11,13-14H2,1-4H3,(H,23,26)/t15-,16-,17+,19+/m0/s1. The molecule has 1 aliphatic heterocycles. The molecule has 1 saturated heterocycles. The molecule has 1 aromatic heterocycles. The van der Waals surface area contributed by atoms with E-state index in [0.717, 1.165) is 32.4 Å². The number of esters is 1. The van der Waals surface area contributed by atoms with Crippen molar-refractivity contribution in [1.29, 1.82) is 0 Å². The highest BCUT2D eigenvalue weighted by Crippen LogP contribution is 2.30. The number of carbonyl (C=O) groups excluding carboxylic acids is 2. The van der Waals surface area contributed by atoms with Crippen molar-refractivity contribution in [3.63, 3.8) is 0 Å². The first-order chi connectivity index (χ1) is 13.4. The summed E-state index contributed by atoms with van der Waals surface area (Å²) in [6, 6.07) is 4.16. The van der Waals surface area contributed by atoms with Crippen LogP contribution in [0.1, 0.15) is 69.4 Å². The maximum Gasteiger partial charge on any atom is 0.354 e. The van der Waals surface area contributed by atoms with Crippen molar-refractivity contribution >= 4 is 11.9 Å². The van der Waals surface area contributed by atoms with Crippen molar-refractivity contribution in [2.45, 2.75) is 71.0 Å². The number of amides is 1. The lowest BCUT2D eigenvalue weighted by molar-refractivity contribution is -0.127. The van der Waals surface area contributed by atoms with Gasteiger partial charge in [-0.3, -0.25) is 9.69 Å². The van der Waals surface area contributed by atoms with Gasteiger partial charge in [-0.05, 0) is 50.2 Å². The molecule has 0 aromatic carbocycles. The van der Waals surface area contributed by atoms with Crippen LogP contribution in [0.5, 0.6) is 0 Å². The van der Waals surface area contributed by atoms with Crippen molar-refractivity contribution in [2.24, 2.45) is 11.8 Å². The molecule has 0 radical (unpaired) electrons. The Morgan fingerprint density at radius 2 is 1.89 bits per heavy atom. The summed E-state index contributed by atoms with van der Waals surface area (Å²) < 4.78 is 6.91. The van der Waals surface area contributed by atoms with Gasteiger partial charge in [0.1, 0.15) is 5.69 Å². The van der Waals surface area contributed by atoms with E-state index in [1.807, 2.05) is 23.8 Å². The minimum Gasteiger partial charge on any atom is -0.464 e. The quantitative estimate of drug-likeness (QED) is 0.786. The second kappa shape index (κ2) is 9.12. The van der Waals surface area contributed by atoms with E-state index in [9.17, 15) is 9.59 Å². The van der Waals surface area contributed by atoms with Crippen LogP contribution in [0.15, 0.2) is 18.3 Å². The van der Waals surface area contributed by atoms with Crippen molar-refractivity contribution < 1.29 is 14.3 Å². The van der Waals surface area contributed by atoms with E-state index in [1.165, 1.54) is 20.0 Å². The van der Waals surface area contributed by atoms with E-state index in [2.05, 4.69) is 24.1 Å². The first-order valence-corrected chi connectivity index (χ1v) is 10.7. The molecule has 6 nitrogen and oxygen atoms in total. The number of piperidine rings is 1. The zero-order chi connectivity index (χ0) is 20.3. The molecule has 3 rings (SSSR count). The van der Waals surface area contributed by atoms with Gasteiger partial charge in [0.05, 0.1) is 13.2 Å². The topological polar surface area (TPSA) is 63.6 Å². The van der Waals surface area contributed by atoms with Crippen LogP contribution >= 0.6 is 0 Å². The number of aromatic nitrogens is 1. The van der Waals surface area contributed by atoms with E-state index < -0.39 is 0 Å². The molecule has 0 bridgehead atoms. The summed E-state index contributed by atoms with van der Waals surface area (Å²) in [6.07, 6.45) is 7.36. The van der Waals surface area contributed by atoms with E-state index in [-0.39, 0.29) is 24.0 Å². The highest BCUT2D eigenvalue weighted by molar-refractivity contribution is 5.87. The number of rotatable bonds is 5. The molecular formula is C22H35N3O3.